The first-order chi connectivity index (χ1) is 17.5. The zero-order valence-corrected chi connectivity index (χ0v) is 20.5. The zero-order chi connectivity index (χ0) is 25.2. The second kappa shape index (κ2) is 9.79. The van der Waals surface area contributed by atoms with E-state index in [0.29, 0.717) is 27.9 Å². The van der Waals surface area contributed by atoms with E-state index in [2.05, 4.69) is 5.32 Å². The summed E-state index contributed by atoms with van der Waals surface area (Å²) in [6.07, 6.45) is 1.95. The number of hydrogen-bond acceptors (Lipinski definition) is 6. The predicted octanol–water partition coefficient (Wildman–Crippen LogP) is 4.33. The number of hydrogen-bond donors (Lipinski definition) is 1. The molecule has 0 atom stereocenters. The van der Waals surface area contributed by atoms with Crippen LogP contribution in [0.25, 0.3) is 22.1 Å². The van der Waals surface area contributed by atoms with Crippen molar-refractivity contribution < 1.29 is 13.9 Å². The van der Waals surface area contributed by atoms with Crippen LogP contribution < -0.4 is 21.3 Å². The number of furan rings is 1. The lowest BCUT2D eigenvalue weighted by Crippen LogP contribution is -2.41. The molecule has 0 unspecified atom stereocenters. The van der Waals surface area contributed by atoms with E-state index in [-0.39, 0.29) is 18.7 Å². The Bertz CT molecular complexity index is 1700. The number of anilines is 1. The summed E-state index contributed by atoms with van der Waals surface area (Å²) in [6, 6.07) is 21.6. The molecule has 0 spiro atoms. The van der Waals surface area contributed by atoms with Gasteiger partial charge < -0.3 is 14.5 Å². The highest BCUT2D eigenvalue weighted by Gasteiger charge is 2.21. The van der Waals surface area contributed by atoms with Crippen molar-refractivity contribution in [2.24, 2.45) is 0 Å². The van der Waals surface area contributed by atoms with E-state index < -0.39 is 17.2 Å². The Balaban J connectivity index is 1.61. The van der Waals surface area contributed by atoms with Gasteiger partial charge in [0.25, 0.3) is 5.56 Å². The number of carbonyl (C=O) groups is 1. The number of ether oxygens (including phenoxy) is 1. The summed E-state index contributed by atoms with van der Waals surface area (Å²) < 4.78 is 13.5. The molecule has 0 aliphatic carbocycles. The molecule has 0 aliphatic heterocycles. The van der Waals surface area contributed by atoms with Crippen molar-refractivity contribution in [3.8, 4) is 5.75 Å². The van der Waals surface area contributed by atoms with E-state index in [1.807, 2.05) is 24.5 Å². The monoisotopic (exact) mass is 501 g/mol. The van der Waals surface area contributed by atoms with Gasteiger partial charge in [-0.3, -0.25) is 18.7 Å². The molecule has 36 heavy (non-hydrogen) atoms. The number of methoxy groups -OCH3 is 1. The molecule has 2 heterocycles. The summed E-state index contributed by atoms with van der Waals surface area (Å²) in [5.41, 5.74) is 1.01. The number of thioether (sulfide) groups is 1. The van der Waals surface area contributed by atoms with Crippen LogP contribution in [0.3, 0.4) is 0 Å². The highest BCUT2D eigenvalue weighted by atomic mass is 32.2. The Morgan fingerprint density at radius 3 is 2.53 bits per heavy atom. The van der Waals surface area contributed by atoms with Crippen molar-refractivity contribution in [2.45, 2.75) is 18.0 Å². The van der Waals surface area contributed by atoms with Crippen LogP contribution in [0.4, 0.5) is 5.69 Å². The van der Waals surface area contributed by atoms with Gasteiger partial charge in [-0.2, -0.15) is 0 Å². The molecule has 1 amide bonds. The minimum atomic E-state index is -0.595. The third-order valence-corrected chi connectivity index (χ3v) is 6.62. The van der Waals surface area contributed by atoms with E-state index >= 15 is 0 Å². The van der Waals surface area contributed by atoms with Gasteiger partial charge in [0.05, 0.1) is 13.7 Å². The summed E-state index contributed by atoms with van der Waals surface area (Å²) in [7, 11) is 1.57. The summed E-state index contributed by atoms with van der Waals surface area (Å²) in [5, 5.41) is 3.44. The number of fused-ring (bicyclic) bond motifs is 3. The molecule has 9 heteroatoms. The first-order valence-electron chi connectivity index (χ1n) is 11.2. The van der Waals surface area contributed by atoms with E-state index in [1.165, 1.54) is 4.57 Å². The Morgan fingerprint density at radius 1 is 1.00 bits per heavy atom. The Kier molecular flexibility index (Phi) is 6.39. The first kappa shape index (κ1) is 23.5. The second-order valence-corrected chi connectivity index (χ2v) is 9.04. The van der Waals surface area contributed by atoms with Gasteiger partial charge in [0.15, 0.2) is 0 Å². The van der Waals surface area contributed by atoms with Crippen LogP contribution in [0, 0.1) is 0 Å². The van der Waals surface area contributed by atoms with Gasteiger partial charge in [-0.1, -0.05) is 30.3 Å². The van der Waals surface area contributed by atoms with Crippen molar-refractivity contribution in [3.63, 3.8) is 0 Å². The molecule has 0 saturated heterocycles. The maximum atomic E-state index is 13.6. The van der Waals surface area contributed by atoms with Crippen molar-refractivity contribution >= 4 is 45.4 Å². The average molecular weight is 502 g/mol. The molecular weight excluding hydrogens is 478 g/mol. The fourth-order valence-electron chi connectivity index (χ4n) is 4.14. The van der Waals surface area contributed by atoms with E-state index in [1.54, 1.807) is 73.5 Å². The molecule has 2 aromatic heterocycles. The highest BCUT2D eigenvalue weighted by molar-refractivity contribution is 7.98. The number of nitrogens with one attached hydrogen (secondary N) is 1. The van der Waals surface area contributed by atoms with E-state index in [0.717, 1.165) is 15.0 Å². The van der Waals surface area contributed by atoms with E-state index in [9.17, 15) is 14.4 Å². The summed E-state index contributed by atoms with van der Waals surface area (Å²) in [4.78, 5) is 41.1. The highest BCUT2D eigenvalue weighted by Crippen LogP contribution is 2.26. The van der Waals surface area contributed by atoms with Crippen LogP contribution in [0.5, 0.6) is 5.75 Å². The topological polar surface area (TPSA) is 95.5 Å². The molecule has 8 nitrogen and oxygen atoms in total. The largest absolute Gasteiger partial charge is 0.497 e. The molecule has 5 aromatic rings. The van der Waals surface area contributed by atoms with Crippen molar-refractivity contribution in [1.82, 2.24) is 9.13 Å². The predicted molar refractivity (Wildman–Crippen MR) is 141 cm³/mol. The van der Waals surface area contributed by atoms with Crippen molar-refractivity contribution in [3.05, 3.63) is 99.2 Å². The van der Waals surface area contributed by atoms with Crippen LogP contribution in [0.15, 0.2) is 91.7 Å². The van der Waals surface area contributed by atoms with Gasteiger partial charge in [-0.05, 0) is 54.3 Å². The normalized spacial score (nSPS) is 11.2. The van der Waals surface area contributed by atoms with Gasteiger partial charge in [0, 0.05) is 16.0 Å². The zero-order valence-electron chi connectivity index (χ0n) is 19.7. The molecular formula is C27H23N3O5S. The van der Waals surface area contributed by atoms with Crippen molar-refractivity contribution in [2.75, 3.05) is 18.7 Å². The van der Waals surface area contributed by atoms with Gasteiger partial charge in [0.1, 0.15) is 23.4 Å². The average Bonchev–Trinajstić information content (AvgIpc) is 3.29. The molecule has 0 fully saturated rings. The maximum Gasteiger partial charge on any atom is 0.332 e. The summed E-state index contributed by atoms with van der Waals surface area (Å²) >= 11 is 1.56. The molecule has 0 bridgehead atoms. The number of rotatable bonds is 7. The van der Waals surface area contributed by atoms with Crippen molar-refractivity contribution in [1.29, 1.82) is 0 Å². The Labute approximate surface area is 210 Å². The SMILES string of the molecule is COc1ccc(Cn2c(=O)c3oc4ccccc4c3n(CC(=O)Nc3cccc(SC)c3)c2=O)cc1. The number of amides is 1. The third kappa shape index (κ3) is 4.40. The van der Waals surface area contributed by atoms with Gasteiger partial charge in [0.2, 0.25) is 11.5 Å². The maximum absolute atomic E-state index is 13.6. The molecule has 5 rings (SSSR count). The Morgan fingerprint density at radius 2 is 1.78 bits per heavy atom. The number of para-hydroxylation sites is 1. The van der Waals surface area contributed by atoms with Gasteiger partial charge in [-0.15, -0.1) is 11.8 Å². The Hall–Kier alpha value is -4.24. The molecule has 182 valence electrons. The molecule has 1 N–H and O–H groups in total. The molecule has 3 aromatic carbocycles. The number of nitrogens with zero attached hydrogens (tertiary/aromatic N) is 2. The standard InChI is InChI=1S/C27H23N3O5S/c1-34-19-12-10-17(11-13-19)15-30-26(32)25-24(21-8-3-4-9-22(21)35-25)29(27(30)33)16-23(31)28-18-6-5-7-20(14-18)36-2/h3-14H,15-16H2,1-2H3,(H,28,31). The lowest BCUT2D eigenvalue weighted by molar-refractivity contribution is -0.116. The number of aromatic nitrogens is 2. The fraction of sp³-hybridized carbons (Fsp3) is 0.148. The smallest absolute Gasteiger partial charge is 0.332 e. The van der Waals surface area contributed by atoms with Crippen LogP contribution in [0.2, 0.25) is 0 Å². The summed E-state index contributed by atoms with van der Waals surface area (Å²) in [6.45, 7) is -0.267. The molecule has 0 radical (unpaired) electrons. The second-order valence-electron chi connectivity index (χ2n) is 8.16. The lowest BCUT2D eigenvalue weighted by atomic mass is 10.2. The minimum absolute atomic E-state index is 0.0199. The first-order valence-corrected chi connectivity index (χ1v) is 12.4. The van der Waals surface area contributed by atoms with Gasteiger partial charge in [-0.25, -0.2) is 4.79 Å². The minimum Gasteiger partial charge on any atom is -0.497 e. The van der Waals surface area contributed by atoms with Gasteiger partial charge >= 0.3 is 5.69 Å². The van der Waals surface area contributed by atoms with E-state index in [4.69, 9.17) is 9.15 Å². The lowest BCUT2D eigenvalue weighted by Gasteiger charge is -2.13. The number of benzene rings is 3. The molecule has 0 saturated carbocycles. The molecule has 0 aliphatic rings. The summed E-state index contributed by atoms with van der Waals surface area (Å²) in [5.74, 6) is 0.273. The van der Waals surface area contributed by atoms with Crippen LogP contribution >= 0.6 is 11.8 Å². The van der Waals surface area contributed by atoms with Crippen LogP contribution in [0.1, 0.15) is 5.56 Å². The third-order valence-electron chi connectivity index (χ3n) is 5.90. The number of carbonyl (C=O) groups excluding carboxylic acids is 1. The quantitative estimate of drug-likeness (QED) is 0.334. The fourth-order valence-corrected chi connectivity index (χ4v) is 4.60. The van der Waals surface area contributed by atoms with Crippen LogP contribution in [-0.4, -0.2) is 28.4 Å². The van der Waals surface area contributed by atoms with Crippen LogP contribution in [-0.2, 0) is 17.9 Å².